The van der Waals surface area contributed by atoms with E-state index in [9.17, 15) is 5.11 Å². The second kappa shape index (κ2) is 8.07. The molecule has 0 bridgehead atoms. The van der Waals surface area contributed by atoms with Crippen LogP contribution in [0.4, 0.5) is 0 Å². The maximum atomic E-state index is 10.3. The minimum atomic E-state index is 0.252. The maximum Gasteiger partial charge on any atom is 0.162 e. The van der Waals surface area contributed by atoms with Gasteiger partial charge in [0.05, 0.1) is 13.3 Å². The first-order valence-corrected chi connectivity index (χ1v) is 9.83. The molecule has 5 heteroatoms. The molecular weight excluding hydrogens is 350 g/mol. The number of likely N-dealkylation sites (tertiary alicyclic amines) is 1. The number of nitrogens with zero attached hydrogens (tertiary/aromatic N) is 2. The van der Waals surface area contributed by atoms with Gasteiger partial charge in [0.2, 0.25) is 0 Å². The number of phenols is 1. The zero-order valence-corrected chi connectivity index (χ0v) is 16.5. The molecule has 1 aliphatic rings. The number of aromatic nitrogens is 2. The van der Waals surface area contributed by atoms with Gasteiger partial charge in [-0.3, -0.25) is 10.00 Å². The molecule has 1 saturated heterocycles. The van der Waals surface area contributed by atoms with Crippen LogP contribution in [-0.2, 0) is 6.54 Å². The van der Waals surface area contributed by atoms with Gasteiger partial charge >= 0.3 is 0 Å². The Bertz CT molecular complexity index is 943. The lowest BCUT2D eigenvalue weighted by Crippen LogP contribution is -2.32. The van der Waals surface area contributed by atoms with Gasteiger partial charge in [0, 0.05) is 29.3 Å². The third-order valence-electron chi connectivity index (χ3n) is 5.69. The molecule has 28 heavy (non-hydrogen) atoms. The quantitative estimate of drug-likeness (QED) is 0.688. The lowest BCUT2D eigenvalue weighted by atomic mass is 9.89. The Kier molecular flexibility index (Phi) is 5.35. The van der Waals surface area contributed by atoms with E-state index in [4.69, 9.17) is 4.74 Å². The fraction of sp³-hybridized carbons (Fsp3) is 0.348. The molecule has 1 aliphatic heterocycles. The molecule has 4 rings (SSSR count). The first-order valence-electron chi connectivity index (χ1n) is 9.83. The van der Waals surface area contributed by atoms with Gasteiger partial charge in [0.15, 0.2) is 11.5 Å². The van der Waals surface area contributed by atoms with Crippen LogP contribution in [0.25, 0.3) is 11.1 Å². The molecule has 0 radical (unpaired) electrons. The zero-order valence-electron chi connectivity index (χ0n) is 16.5. The first-order chi connectivity index (χ1) is 13.7. The summed E-state index contributed by atoms with van der Waals surface area (Å²) in [4.78, 5) is 2.40. The highest BCUT2D eigenvalue weighted by molar-refractivity contribution is 5.66. The molecule has 0 unspecified atom stereocenters. The highest BCUT2D eigenvalue weighted by Gasteiger charge is 2.25. The average Bonchev–Trinajstić information content (AvgIpc) is 3.20. The number of aromatic amines is 1. The van der Waals surface area contributed by atoms with Crippen molar-refractivity contribution in [3.05, 3.63) is 65.5 Å². The Morgan fingerprint density at radius 3 is 2.71 bits per heavy atom. The van der Waals surface area contributed by atoms with Crippen molar-refractivity contribution in [2.45, 2.75) is 32.2 Å². The van der Waals surface area contributed by atoms with Crippen LogP contribution in [0.3, 0.4) is 0 Å². The van der Waals surface area contributed by atoms with Gasteiger partial charge in [-0.15, -0.1) is 0 Å². The highest BCUT2D eigenvalue weighted by Crippen LogP contribution is 2.35. The van der Waals surface area contributed by atoms with Crippen LogP contribution in [0.5, 0.6) is 11.5 Å². The number of ether oxygens (including phenoxy) is 1. The molecule has 2 N–H and O–H groups in total. The number of aryl methyl sites for hydroxylation is 1. The molecule has 3 aromatic rings. The lowest BCUT2D eigenvalue weighted by molar-refractivity contribution is 0.201. The summed E-state index contributed by atoms with van der Waals surface area (Å²) in [5, 5.41) is 17.9. The molecule has 0 atom stereocenters. The summed E-state index contributed by atoms with van der Waals surface area (Å²) in [6, 6.07) is 14.3. The number of nitrogens with one attached hydrogen (secondary N) is 1. The van der Waals surface area contributed by atoms with Crippen LogP contribution in [0.15, 0.2) is 48.7 Å². The predicted octanol–water partition coefficient (Wildman–Crippen LogP) is 4.48. The summed E-state index contributed by atoms with van der Waals surface area (Å²) in [5.74, 6) is 1.27. The van der Waals surface area contributed by atoms with Crippen LogP contribution in [0.1, 0.15) is 35.6 Å². The van der Waals surface area contributed by atoms with E-state index in [-0.39, 0.29) is 5.75 Å². The number of para-hydroxylation sites is 1. The molecule has 1 aromatic heterocycles. The number of rotatable bonds is 5. The summed E-state index contributed by atoms with van der Waals surface area (Å²) >= 11 is 0. The van der Waals surface area contributed by atoms with E-state index in [0.29, 0.717) is 11.7 Å². The van der Waals surface area contributed by atoms with Gasteiger partial charge in [-0.2, -0.15) is 5.10 Å². The monoisotopic (exact) mass is 377 g/mol. The van der Waals surface area contributed by atoms with Crippen LogP contribution in [-0.4, -0.2) is 40.4 Å². The van der Waals surface area contributed by atoms with E-state index >= 15 is 0 Å². The molecule has 5 nitrogen and oxygen atoms in total. The Morgan fingerprint density at radius 2 is 1.96 bits per heavy atom. The van der Waals surface area contributed by atoms with Gasteiger partial charge < -0.3 is 9.84 Å². The van der Waals surface area contributed by atoms with Crippen molar-refractivity contribution >= 4 is 0 Å². The summed E-state index contributed by atoms with van der Waals surface area (Å²) in [6.07, 6.45) is 4.10. The molecule has 2 heterocycles. The van der Waals surface area contributed by atoms with E-state index in [2.05, 4.69) is 46.3 Å². The number of hydrogen-bond donors (Lipinski definition) is 2. The Morgan fingerprint density at radius 1 is 1.18 bits per heavy atom. The number of benzene rings is 2. The predicted molar refractivity (Wildman–Crippen MR) is 111 cm³/mol. The van der Waals surface area contributed by atoms with Crippen LogP contribution in [0, 0.1) is 6.92 Å². The Hall–Kier alpha value is -2.79. The largest absolute Gasteiger partial charge is 0.504 e. The lowest BCUT2D eigenvalue weighted by Gasteiger charge is -2.32. The second-order valence-electron chi connectivity index (χ2n) is 7.59. The third-order valence-corrected chi connectivity index (χ3v) is 5.69. The Labute approximate surface area is 166 Å². The molecule has 1 fully saturated rings. The van der Waals surface area contributed by atoms with Gasteiger partial charge in [-0.25, -0.2) is 0 Å². The van der Waals surface area contributed by atoms with E-state index in [1.165, 1.54) is 22.4 Å². The number of aromatic hydroxyl groups is 1. The van der Waals surface area contributed by atoms with Crippen molar-refractivity contribution in [3.8, 4) is 22.6 Å². The summed E-state index contributed by atoms with van der Waals surface area (Å²) < 4.78 is 5.22. The highest BCUT2D eigenvalue weighted by atomic mass is 16.5. The normalized spacial score (nSPS) is 15.6. The summed E-state index contributed by atoms with van der Waals surface area (Å²) in [5.41, 5.74) is 5.87. The smallest absolute Gasteiger partial charge is 0.162 e. The minimum absolute atomic E-state index is 0.252. The van der Waals surface area contributed by atoms with Crippen LogP contribution in [0.2, 0.25) is 0 Å². The van der Waals surface area contributed by atoms with Crippen molar-refractivity contribution < 1.29 is 9.84 Å². The summed E-state index contributed by atoms with van der Waals surface area (Å²) in [7, 11) is 1.58. The molecule has 0 aliphatic carbocycles. The van der Waals surface area contributed by atoms with Crippen molar-refractivity contribution in [1.82, 2.24) is 15.1 Å². The number of methoxy groups -OCH3 is 1. The average molecular weight is 377 g/mol. The van der Waals surface area contributed by atoms with E-state index in [1.54, 1.807) is 13.2 Å². The number of H-pyrrole nitrogens is 1. The van der Waals surface area contributed by atoms with Gasteiger partial charge in [-0.05, 0) is 44.5 Å². The van der Waals surface area contributed by atoms with Crippen molar-refractivity contribution in [2.75, 3.05) is 20.2 Å². The van der Waals surface area contributed by atoms with Gasteiger partial charge in [0.25, 0.3) is 0 Å². The molecular formula is C23H27N3O2. The van der Waals surface area contributed by atoms with Gasteiger partial charge in [-0.1, -0.05) is 42.0 Å². The molecule has 0 amide bonds. The first kappa shape index (κ1) is 18.6. The fourth-order valence-corrected chi connectivity index (χ4v) is 4.13. The van der Waals surface area contributed by atoms with E-state index in [0.717, 1.165) is 38.0 Å². The van der Waals surface area contributed by atoms with Gasteiger partial charge in [0.1, 0.15) is 0 Å². The SMILES string of the molecule is COc1cccc(CN2CCC(c3[nH]ncc3-c3cccc(C)c3)CC2)c1O. The number of phenolic OH excluding ortho intramolecular Hbond substituents is 1. The standard InChI is InChI=1S/C23H27N3O2/c1-16-5-3-6-18(13-16)20-14-24-25-22(20)17-9-11-26(12-10-17)15-19-7-4-8-21(28-2)23(19)27/h3-8,13-14,17,27H,9-12,15H2,1-2H3,(H,24,25). The molecule has 0 saturated carbocycles. The maximum absolute atomic E-state index is 10.3. The molecule has 146 valence electrons. The van der Waals surface area contributed by atoms with Crippen LogP contribution < -0.4 is 4.74 Å². The molecule has 0 spiro atoms. The fourth-order valence-electron chi connectivity index (χ4n) is 4.13. The number of hydrogen-bond acceptors (Lipinski definition) is 4. The second-order valence-corrected chi connectivity index (χ2v) is 7.59. The van der Waals surface area contributed by atoms with Crippen molar-refractivity contribution in [3.63, 3.8) is 0 Å². The van der Waals surface area contributed by atoms with Crippen molar-refractivity contribution in [1.29, 1.82) is 0 Å². The minimum Gasteiger partial charge on any atom is -0.504 e. The van der Waals surface area contributed by atoms with E-state index < -0.39 is 0 Å². The topological polar surface area (TPSA) is 61.4 Å². The zero-order chi connectivity index (χ0) is 19.5. The van der Waals surface area contributed by atoms with Crippen molar-refractivity contribution in [2.24, 2.45) is 0 Å². The van der Waals surface area contributed by atoms with E-state index in [1.807, 2.05) is 18.3 Å². The third kappa shape index (κ3) is 3.76. The van der Waals surface area contributed by atoms with Crippen LogP contribution >= 0.6 is 0 Å². The molecule has 2 aromatic carbocycles. The summed E-state index contributed by atoms with van der Waals surface area (Å²) in [6.45, 7) is 4.85. The Balaban J connectivity index is 1.44. The number of piperidine rings is 1.